The summed E-state index contributed by atoms with van der Waals surface area (Å²) in [5, 5.41) is 0. The van der Waals surface area contributed by atoms with Gasteiger partial charge in [0.05, 0.1) is 13.2 Å². The average Bonchev–Trinajstić information content (AvgIpc) is 2.92. The van der Waals surface area contributed by atoms with Crippen LogP contribution in [0, 0.1) is 0 Å². The molecule has 3 heteroatoms. The maximum atomic E-state index is 7.00. The Bertz CT molecular complexity index is 569. The van der Waals surface area contributed by atoms with Crippen molar-refractivity contribution in [1.29, 1.82) is 0 Å². The van der Waals surface area contributed by atoms with Gasteiger partial charge in [-0.25, -0.2) is 0 Å². The van der Waals surface area contributed by atoms with E-state index in [-0.39, 0.29) is 0 Å². The maximum absolute atomic E-state index is 7.00. The predicted octanol–water partition coefficient (Wildman–Crippen LogP) is 10.5. The predicted molar refractivity (Wildman–Crippen MR) is 159 cm³/mol. The van der Waals surface area contributed by atoms with Crippen molar-refractivity contribution in [3.63, 3.8) is 0 Å². The first kappa shape index (κ1) is 32.1. The normalized spacial score (nSPS) is 24.6. The molecule has 0 aliphatic carbocycles. The van der Waals surface area contributed by atoms with Gasteiger partial charge in [-0.2, -0.15) is 0 Å². The number of hydrogen-bond acceptors (Lipinski definition) is 3. The zero-order chi connectivity index (χ0) is 26.3. The first-order valence-corrected chi connectivity index (χ1v) is 15.8. The van der Waals surface area contributed by atoms with Crippen LogP contribution in [0.1, 0.15) is 141 Å². The van der Waals surface area contributed by atoms with E-state index >= 15 is 0 Å². The lowest BCUT2D eigenvalue weighted by Gasteiger charge is -2.47. The minimum Gasteiger partial charge on any atom is -0.350 e. The smallest absolute Gasteiger partial charge is 0.171 e. The van der Waals surface area contributed by atoms with Crippen LogP contribution < -0.4 is 0 Å². The highest BCUT2D eigenvalue weighted by atomic mass is 16.8. The first-order valence-electron chi connectivity index (χ1n) is 15.8. The van der Waals surface area contributed by atoms with Gasteiger partial charge in [-0.3, -0.25) is 0 Å². The second-order valence-electron chi connectivity index (χ2n) is 11.2. The Balaban J connectivity index is 1.73. The summed E-state index contributed by atoms with van der Waals surface area (Å²) >= 11 is 0. The van der Waals surface area contributed by atoms with Crippen molar-refractivity contribution in [3.8, 4) is 0 Å². The van der Waals surface area contributed by atoms with E-state index in [1.54, 1.807) is 0 Å². The summed E-state index contributed by atoms with van der Waals surface area (Å²) in [4.78, 5) is 0. The third-order valence-electron chi connectivity index (χ3n) is 7.91. The van der Waals surface area contributed by atoms with Crippen LogP contribution in [0.4, 0.5) is 0 Å². The zero-order valence-corrected chi connectivity index (χ0v) is 24.1. The average molecular weight is 515 g/mol. The monoisotopic (exact) mass is 514 g/mol. The molecule has 2 rings (SSSR count). The molecule has 2 saturated heterocycles. The Kier molecular flexibility index (Phi) is 18.0. The highest BCUT2D eigenvalue weighted by molar-refractivity contribution is 4.97. The fourth-order valence-electron chi connectivity index (χ4n) is 5.76. The molecule has 212 valence electrons. The van der Waals surface area contributed by atoms with Gasteiger partial charge in [0.25, 0.3) is 0 Å². The molecule has 0 radical (unpaired) electrons. The summed E-state index contributed by atoms with van der Waals surface area (Å²) in [5.74, 6) is -0.853. The van der Waals surface area contributed by atoms with E-state index in [1.807, 2.05) is 12.2 Å². The summed E-state index contributed by atoms with van der Waals surface area (Å²) in [6.45, 7) is 9.12. The van der Waals surface area contributed by atoms with Crippen molar-refractivity contribution in [1.82, 2.24) is 0 Å². The summed E-state index contributed by atoms with van der Waals surface area (Å²) in [5.41, 5.74) is 0. The fraction of sp³-hybridized carbons (Fsp3) is 0.765. The van der Waals surface area contributed by atoms with Crippen LogP contribution in [0.3, 0.4) is 0 Å². The highest BCUT2D eigenvalue weighted by Crippen LogP contribution is 2.41. The summed E-state index contributed by atoms with van der Waals surface area (Å²) in [6.07, 6.45) is 38.8. The van der Waals surface area contributed by atoms with Crippen molar-refractivity contribution in [2.75, 3.05) is 13.2 Å². The molecule has 2 aliphatic heterocycles. The standard InChI is InChI=1S/C34H58O3/c1-3-5-7-9-11-13-15-17-19-21-27-33(29-23-25-31-35-33)37-34(30-24-26-32-36-34)28-22-20-18-16-14-12-10-8-6-4-2/h3-8H,1-2,9-32H2. The van der Waals surface area contributed by atoms with Crippen LogP contribution in [0.5, 0.6) is 0 Å². The highest BCUT2D eigenvalue weighted by Gasteiger charge is 2.44. The number of rotatable bonds is 22. The summed E-state index contributed by atoms with van der Waals surface area (Å²) in [6, 6.07) is 0. The molecule has 2 aliphatic rings. The Morgan fingerprint density at radius 2 is 0.946 bits per heavy atom. The minimum absolute atomic E-state index is 0.427. The number of hydrogen-bond donors (Lipinski definition) is 0. The maximum Gasteiger partial charge on any atom is 0.171 e. The lowest BCUT2D eigenvalue weighted by atomic mass is 9.94. The van der Waals surface area contributed by atoms with Crippen molar-refractivity contribution in [2.45, 2.75) is 153 Å². The molecule has 0 aromatic rings. The molecule has 2 heterocycles. The van der Waals surface area contributed by atoms with E-state index in [0.29, 0.717) is 0 Å². The van der Waals surface area contributed by atoms with E-state index in [1.165, 1.54) is 103 Å². The van der Waals surface area contributed by atoms with E-state index < -0.39 is 11.6 Å². The van der Waals surface area contributed by atoms with Gasteiger partial charge in [-0.15, -0.1) is 0 Å². The van der Waals surface area contributed by atoms with E-state index in [0.717, 1.165) is 51.7 Å². The largest absolute Gasteiger partial charge is 0.350 e. The molecule has 0 bridgehead atoms. The van der Waals surface area contributed by atoms with E-state index in [9.17, 15) is 0 Å². The lowest BCUT2D eigenvalue weighted by molar-refractivity contribution is -0.380. The van der Waals surface area contributed by atoms with Crippen LogP contribution in [0.15, 0.2) is 49.6 Å². The third kappa shape index (κ3) is 14.5. The van der Waals surface area contributed by atoms with Gasteiger partial charge in [0, 0.05) is 25.7 Å². The van der Waals surface area contributed by atoms with Crippen LogP contribution in [0.25, 0.3) is 0 Å². The van der Waals surface area contributed by atoms with Crippen molar-refractivity contribution in [3.05, 3.63) is 49.6 Å². The third-order valence-corrected chi connectivity index (χ3v) is 7.91. The molecule has 0 aromatic carbocycles. The fourth-order valence-corrected chi connectivity index (χ4v) is 5.76. The van der Waals surface area contributed by atoms with E-state index in [4.69, 9.17) is 14.2 Å². The van der Waals surface area contributed by atoms with Crippen LogP contribution in [0.2, 0.25) is 0 Å². The van der Waals surface area contributed by atoms with Gasteiger partial charge < -0.3 is 14.2 Å². The quantitative estimate of drug-likeness (QED) is 0.106. The molecule has 0 spiro atoms. The summed E-state index contributed by atoms with van der Waals surface area (Å²) in [7, 11) is 0. The van der Waals surface area contributed by atoms with Crippen molar-refractivity contribution in [2.24, 2.45) is 0 Å². The van der Waals surface area contributed by atoms with Gasteiger partial charge in [0.1, 0.15) is 0 Å². The van der Waals surface area contributed by atoms with Crippen LogP contribution in [-0.2, 0) is 14.2 Å². The topological polar surface area (TPSA) is 27.7 Å². The van der Waals surface area contributed by atoms with Gasteiger partial charge >= 0.3 is 0 Å². The zero-order valence-electron chi connectivity index (χ0n) is 24.1. The van der Waals surface area contributed by atoms with E-state index in [2.05, 4.69) is 37.5 Å². The molecule has 3 nitrogen and oxygen atoms in total. The molecule has 2 fully saturated rings. The molecule has 0 N–H and O–H groups in total. The Hall–Kier alpha value is -1.16. The van der Waals surface area contributed by atoms with Crippen LogP contribution >= 0.6 is 0 Å². The molecular formula is C34H58O3. The Labute approximate surface area is 229 Å². The minimum atomic E-state index is -0.427. The second kappa shape index (κ2) is 20.8. The Morgan fingerprint density at radius 3 is 1.32 bits per heavy atom. The molecular weight excluding hydrogens is 456 g/mol. The van der Waals surface area contributed by atoms with Crippen LogP contribution in [-0.4, -0.2) is 24.8 Å². The van der Waals surface area contributed by atoms with Gasteiger partial charge in [0.2, 0.25) is 0 Å². The molecule has 0 amide bonds. The molecule has 37 heavy (non-hydrogen) atoms. The molecule has 2 atom stereocenters. The molecule has 0 aromatic heterocycles. The number of allylic oxidation sites excluding steroid dienone is 6. The SMILES string of the molecule is C=CC=CCCCCCCCCC1(OC2(CCCCCCCCC=CC=C)CCCCO2)CCCCO1. The second-order valence-corrected chi connectivity index (χ2v) is 11.2. The van der Waals surface area contributed by atoms with Crippen molar-refractivity contribution < 1.29 is 14.2 Å². The molecule has 0 saturated carbocycles. The number of unbranched alkanes of at least 4 members (excludes halogenated alkanes) is 12. The van der Waals surface area contributed by atoms with Gasteiger partial charge in [0.15, 0.2) is 11.6 Å². The first-order chi connectivity index (χ1) is 18.2. The summed E-state index contributed by atoms with van der Waals surface area (Å²) < 4.78 is 19.9. The Morgan fingerprint density at radius 1 is 0.541 bits per heavy atom. The van der Waals surface area contributed by atoms with Gasteiger partial charge in [-0.1, -0.05) is 101 Å². The van der Waals surface area contributed by atoms with Crippen molar-refractivity contribution >= 4 is 0 Å². The number of ether oxygens (including phenoxy) is 3. The van der Waals surface area contributed by atoms with Gasteiger partial charge in [-0.05, 0) is 64.2 Å². The molecule has 2 unspecified atom stereocenters. The lowest BCUT2D eigenvalue weighted by Crippen LogP contribution is -2.51.